The van der Waals surface area contributed by atoms with Crippen molar-refractivity contribution >= 4 is 23.2 Å². The summed E-state index contributed by atoms with van der Waals surface area (Å²) in [7, 11) is 0. The molecule has 3 aromatic rings. The number of carbonyl (C=O) groups excluding carboxylic acids is 2. The van der Waals surface area contributed by atoms with Gasteiger partial charge in [0, 0.05) is 0 Å². The molecule has 0 atom stereocenters. The maximum atomic E-state index is 12.6. The van der Waals surface area contributed by atoms with Crippen LogP contribution in [-0.2, 0) is 6.18 Å². The second-order valence-corrected chi connectivity index (χ2v) is 10.1. The number of para-hydroxylation sites is 1. The van der Waals surface area contributed by atoms with Crippen LogP contribution in [0.4, 0.5) is 13.2 Å². The van der Waals surface area contributed by atoms with Gasteiger partial charge in [0.15, 0.2) is 11.5 Å². The Labute approximate surface area is 227 Å². The lowest BCUT2D eigenvalue weighted by molar-refractivity contribution is -0.255. The van der Waals surface area contributed by atoms with Crippen LogP contribution in [-0.4, -0.2) is 49.7 Å². The molecule has 2 aromatic carbocycles. The Morgan fingerprint density at radius 2 is 1.90 bits per heavy atom. The van der Waals surface area contributed by atoms with Gasteiger partial charge in [-0.25, -0.2) is 4.98 Å². The molecule has 8 nitrogen and oxygen atoms in total. The van der Waals surface area contributed by atoms with Crippen LogP contribution in [0.1, 0.15) is 44.3 Å². The number of alkyl halides is 3. The largest absolute Gasteiger partial charge is 0.661 e. The first kappa shape index (κ1) is 28.4. The molecule has 39 heavy (non-hydrogen) atoms. The van der Waals surface area contributed by atoms with Crippen LogP contribution >= 0.6 is 11.3 Å². The molecular weight excluding hydrogens is 535 g/mol. The van der Waals surface area contributed by atoms with Gasteiger partial charge >= 0.3 is 6.18 Å². The van der Waals surface area contributed by atoms with E-state index in [2.05, 4.69) is 15.6 Å². The molecule has 208 valence electrons. The van der Waals surface area contributed by atoms with E-state index in [4.69, 9.17) is 9.47 Å². The number of rotatable bonds is 8. The van der Waals surface area contributed by atoms with Gasteiger partial charge in [0.25, 0.3) is 5.91 Å². The van der Waals surface area contributed by atoms with Crippen LogP contribution in [0, 0.1) is 12.8 Å². The fraction of sp³-hybridized carbons (Fsp3) is 0.370. The standard InChI is InChI=1S/C15H19N2O3.C12H8F3NO2S/c18-15(17-7-6-16-10-11-4-5-11)12-2-1-3-13-14(12)20-9-8-19-13;1-6-16-9(11(17)18)10(19-6)7-3-2-4-8(5-7)12(13,14)15/h1-3,11H,4-10H2,(H,17,18);2-5H,1H3,(H,17,18)/q-1;/p-1. The highest BCUT2D eigenvalue weighted by atomic mass is 32.1. The maximum Gasteiger partial charge on any atom is 0.416 e. The predicted molar refractivity (Wildman–Crippen MR) is 137 cm³/mol. The smallest absolute Gasteiger partial charge is 0.416 e. The van der Waals surface area contributed by atoms with Gasteiger partial charge in [0.1, 0.15) is 18.9 Å². The van der Waals surface area contributed by atoms with Gasteiger partial charge < -0.3 is 30.0 Å². The summed E-state index contributed by atoms with van der Waals surface area (Å²) in [6.07, 6.45) is -1.86. The number of nitrogens with zero attached hydrogens (tertiary/aromatic N) is 2. The monoisotopic (exact) mass is 561 g/mol. The molecule has 1 fully saturated rings. The molecule has 5 rings (SSSR count). The number of benzene rings is 2. The van der Waals surface area contributed by atoms with Crippen LogP contribution in [0.15, 0.2) is 42.5 Å². The zero-order chi connectivity index (χ0) is 28.0. The number of carboxylic acids is 1. The van der Waals surface area contributed by atoms with Crippen molar-refractivity contribution in [2.75, 3.05) is 32.8 Å². The number of carbonyl (C=O) groups is 2. The predicted octanol–water partition coefficient (Wildman–Crippen LogP) is 4.47. The Hall–Kier alpha value is -3.64. The molecule has 2 aliphatic rings. The van der Waals surface area contributed by atoms with E-state index in [1.54, 1.807) is 19.1 Å². The van der Waals surface area contributed by atoms with E-state index < -0.39 is 17.7 Å². The Morgan fingerprint density at radius 1 is 1.15 bits per heavy atom. The zero-order valence-corrected chi connectivity index (χ0v) is 21.9. The third-order valence-corrected chi connectivity index (χ3v) is 6.85. The lowest BCUT2D eigenvalue weighted by atomic mass is 10.1. The molecular formula is C27H26F3N3O5S-2. The summed E-state index contributed by atoms with van der Waals surface area (Å²) in [6.45, 7) is 4.76. The highest BCUT2D eigenvalue weighted by Crippen LogP contribution is 2.36. The first-order chi connectivity index (χ1) is 18.6. The zero-order valence-electron chi connectivity index (χ0n) is 21.0. The van der Waals surface area contributed by atoms with Gasteiger partial charge in [0.2, 0.25) is 0 Å². The van der Waals surface area contributed by atoms with Gasteiger partial charge in [-0.2, -0.15) is 13.2 Å². The van der Waals surface area contributed by atoms with Gasteiger partial charge in [-0.3, -0.25) is 4.79 Å². The molecule has 0 radical (unpaired) electrons. The number of aromatic carboxylic acids is 1. The van der Waals surface area contributed by atoms with E-state index in [-0.39, 0.29) is 22.0 Å². The summed E-state index contributed by atoms with van der Waals surface area (Å²) in [5.74, 6) is 0.358. The third-order valence-electron chi connectivity index (χ3n) is 5.83. The summed E-state index contributed by atoms with van der Waals surface area (Å²) in [5.41, 5.74) is -0.466. The fourth-order valence-corrected chi connectivity index (χ4v) is 4.67. The van der Waals surface area contributed by atoms with Crippen LogP contribution in [0.2, 0.25) is 0 Å². The number of hydrogen-bond donors (Lipinski definition) is 1. The van der Waals surface area contributed by atoms with Crippen LogP contribution < -0.4 is 19.9 Å². The summed E-state index contributed by atoms with van der Waals surface area (Å²) < 4.78 is 48.8. The molecule has 0 saturated heterocycles. The highest BCUT2D eigenvalue weighted by molar-refractivity contribution is 7.15. The van der Waals surface area contributed by atoms with Gasteiger partial charge in [-0.1, -0.05) is 37.0 Å². The molecule has 1 aromatic heterocycles. The Kier molecular flexibility index (Phi) is 9.08. The minimum absolute atomic E-state index is 0.131. The molecule has 0 spiro atoms. The number of halogens is 3. The van der Waals surface area contributed by atoms with Crippen LogP contribution in [0.25, 0.3) is 15.8 Å². The highest BCUT2D eigenvalue weighted by Gasteiger charge is 2.31. The number of aryl methyl sites for hydroxylation is 1. The van der Waals surface area contributed by atoms with Gasteiger partial charge in [-0.05, 0) is 43.3 Å². The van der Waals surface area contributed by atoms with Gasteiger partial charge in [-0.15, -0.1) is 24.4 Å². The van der Waals surface area contributed by atoms with Crippen molar-refractivity contribution in [3.05, 3.63) is 69.6 Å². The first-order valence-corrected chi connectivity index (χ1v) is 13.1. The number of aromatic nitrogens is 1. The molecule has 0 unspecified atom stereocenters. The van der Waals surface area contributed by atoms with E-state index in [0.29, 0.717) is 48.4 Å². The molecule has 0 bridgehead atoms. The topological polar surface area (TPSA) is 115 Å². The average Bonchev–Trinajstić information content (AvgIpc) is 3.66. The second kappa shape index (κ2) is 12.5. The number of hydrogen-bond acceptors (Lipinski definition) is 7. The first-order valence-electron chi connectivity index (χ1n) is 12.3. The summed E-state index contributed by atoms with van der Waals surface area (Å²) in [6, 6.07) is 9.84. The Morgan fingerprint density at radius 3 is 2.62 bits per heavy atom. The number of carboxylic acid groups (broad SMARTS) is 1. The Bertz CT molecular complexity index is 1320. The SMILES string of the molecule is Cc1nc(C(=O)[O-])c(-c2cccc(C(F)(F)F)c2)s1.O=C(NCC[N-]CC1CC1)c1cccc2c1OCCO2. The summed E-state index contributed by atoms with van der Waals surface area (Å²) >= 11 is 1.02. The Balaban J connectivity index is 0.000000181. The van der Waals surface area contributed by atoms with E-state index in [1.807, 2.05) is 6.07 Å². The molecule has 1 saturated carbocycles. The van der Waals surface area contributed by atoms with Crippen LogP contribution in [0.5, 0.6) is 11.5 Å². The molecule has 1 aliphatic carbocycles. The minimum Gasteiger partial charge on any atom is -0.661 e. The maximum absolute atomic E-state index is 12.6. The molecule has 12 heteroatoms. The number of nitrogens with one attached hydrogen (secondary N) is 1. The van der Waals surface area contributed by atoms with E-state index in [1.165, 1.54) is 25.0 Å². The number of fused-ring (bicyclic) bond motifs is 1. The van der Waals surface area contributed by atoms with Crippen molar-refractivity contribution in [2.45, 2.75) is 25.9 Å². The summed E-state index contributed by atoms with van der Waals surface area (Å²) in [5, 5.41) is 18.6. The third kappa shape index (κ3) is 7.70. The molecule has 1 N–H and O–H groups in total. The second-order valence-electron chi connectivity index (χ2n) is 8.94. The van der Waals surface area contributed by atoms with E-state index in [9.17, 15) is 27.9 Å². The van der Waals surface area contributed by atoms with Crippen LogP contribution in [0.3, 0.4) is 0 Å². The minimum atomic E-state index is -4.47. The number of ether oxygens (including phenoxy) is 2. The average molecular weight is 562 g/mol. The van der Waals surface area contributed by atoms with Crippen molar-refractivity contribution in [2.24, 2.45) is 5.92 Å². The quantitative estimate of drug-likeness (QED) is 0.406. The van der Waals surface area contributed by atoms with Crippen molar-refractivity contribution in [3.8, 4) is 21.9 Å². The normalized spacial score (nSPS) is 14.3. The lowest BCUT2D eigenvalue weighted by Gasteiger charge is -2.21. The number of amides is 1. The van der Waals surface area contributed by atoms with Gasteiger partial charge in [0.05, 0.1) is 27.0 Å². The number of thiazole rings is 1. The van der Waals surface area contributed by atoms with Crippen molar-refractivity contribution in [3.63, 3.8) is 0 Å². The van der Waals surface area contributed by atoms with E-state index >= 15 is 0 Å². The van der Waals surface area contributed by atoms with Crippen molar-refractivity contribution < 1.29 is 37.3 Å². The molecule has 1 amide bonds. The lowest BCUT2D eigenvalue weighted by Crippen LogP contribution is -2.28. The molecule has 1 aliphatic heterocycles. The van der Waals surface area contributed by atoms with Crippen molar-refractivity contribution in [1.29, 1.82) is 0 Å². The van der Waals surface area contributed by atoms with E-state index in [0.717, 1.165) is 35.9 Å². The molecule has 2 heterocycles. The van der Waals surface area contributed by atoms with Crippen molar-refractivity contribution in [1.82, 2.24) is 10.3 Å². The summed E-state index contributed by atoms with van der Waals surface area (Å²) in [4.78, 5) is 27.0. The fourth-order valence-electron chi connectivity index (χ4n) is 3.77.